The highest BCUT2D eigenvalue weighted by Gasteiger charge is 2.28. The van der Waals surface area contributed by atoms with Crippen molar-refractivity contribution in [3.05, 3.63) is 86.0 Å². The number of rotatable bonds is 6. The van der Waals surface area contributed by atoms with Gasteiger partial charge in [-0.2, -0.15) is 0 Å². The first-order valence-corrected chi connectivity index (χ1v) is 12.9. The van der Waals surface area contributed by atoms with Crippen molar-refractivity contribution >= 4 is 40.7 Å². The van der Waals surface area contributed by atoms with E-state index in [4.69, 9.17) is 45.5 Å². The zero-order valence-electron chi connectivity index (χ0n) is 19.7. The Bertz CT molecular complexity index is 1190. The normalized spacial score (nSPS) is 15.9. The van der Waals surface area contributed by atoms with Crippen molar-refractivity contribution in [3.8, 4) is 11.3 Å². The molecule has 1 aliphatic heterocycles. The molecule has 3 aromatic rings. The third-order valence-corrected chi connectivity index (χ3v) is 7.45. The van der Waals surface area contributed by atoms with Gasteiger partial charge in [0.25, 0.3) is 0 Å². The molecule has 3 N–H and O–H groups in total. The standard InChI is InChI=1S/C27H29Cl3N4O/c1-17-19(6-2-7-20(17)28)23-14-18(16-34-12-4-10-32-11-5-13-34)15-24(33-23)26(27(31)35)25-21(29)8-3-9-22(25)30/h2-3,6-9,14-15,26,32H,4-5,10-13,16H2,1H3,(H2,31,35). The molecule has 2 aromatic carbocycles. The summed E-state index contributed by atoms with van der Waals surface area (Å²) in [4.78, 5) is 20.1. The van der Waals surface area contributed by atoms with Crippen LogP contribution in [0.4, 0.5) is 0 Å². The van der Waals surface area contributed by atoms with Gasteiger partial charge in [-0.05, 0) is 87.4 Å². The highest BCUT2D eigenvalue weighted by molar-refractivity contribution is 6.36. The lowest BCUT2D eigenvalue weighted by molar-refractivity contribution is -0.118. The summed E-state index contributed by atoms with van der Waals surface area (Å²) in [7, 11) is 0. The molecule has 1 unspecified atom stereocenters. The van der Waals surface area contributed by atoms with Crippen LogP contribution in [0.25, 0.3) is 11.3 Å². The summed E-state index contributed by atoms with van der Waals surface area (Å²) in [5.41, 5.74) is 10.5. The molecule has 1 saturated heterocycles. The molecule has 1 amide bonds. The zero-order valence-corrected chi connectivity index (χ0v) is 21.9. The lowest BCUT2D eigenvalue weighted by Gasteiger charge is -2.26. The van der Waals surface area contributed by atoms with E-state index in [2.05, 4.69) is 16.3 Å². The molecule has 0 radical (unpaired) electrons. The number of carbonyl (C=O) groups is 1. The van der Waals surface area contributed by atoms with Gasteiger partial charge in [0.1, 0.15) is 5.92 Å². The van der Waals surface area contributed by atoms with Crippen molar-refractivity contribution in [1.29, 1.82) is 0 Å². The third kappa shape index (κ3) is 6.16. The van der Waals surface area contributed by atoms with E-state index in [0.29, 0.717) is 26.3 Å². The van der Waals surface area contributed by atoms with E-state index in [1.54, 1.807) is 18.2 Å². The molecular weight excluding hydrogens is 503 g/mol. The number of hydrogen-bond acceptors (Lipinski definition) is 4. The van der Waals surface area contributed by atoms with Crippen molar-refractivity contribution < 1.29 is 4.79 Å². The Morgan fingerprint density at radius 2 is 1.66 bits per heavy atom. The van der Waals surface area contributed by atoms with Crippen molar-refractivity contribution in [1.82, 2.24) is 15.2 Å². The van der Waals surface area contributed by atoms with Crippen molar-refractivity contribution in [2.75, 3.05) is 26.2 Å². The molecule has 1 atom stereocenters. The first-order valence-electron chi connectivity index (χ1n) is 11.8. The van der Waals surface area contributed by atoms with Gasteiger partial charge >= 0.3 is 0 Å². The molecule has 1 fully saturated rings. The van der Waals surface area contributed by atoms with Crippen LogP contribution in [0.1, 0.15) is 41.1 Å². The van der Waals surface area contributed by atoms with Gasteiger partial charge in [-0.3, -0.25) is 14.7 Å². The Morgan fingerprint density at radius 3 is 2.31 bits per heavy atom. The topological polar surface area (TPSA) is 71.2 Å². The van der Waals surface area contributed by atoms with Gasteiger partial charge in [-0.1, -0.05) is 53.0 Å². The lowest BCUT2D eigenvalue weighted by atomic mass is 9.92. The molecule has 2 heterocycles. The van der Waals surface area contributed by atoms with E-state index in [9.17, 15) is 4.79 Å². The maximum Gasteiger partial charge on any atom is 0.231 e. The van der Waals surface area contributed by atoms with Gasteiger partial charge in [-0.15, -0.1) is 0 Å². The Labute approximate surface area is 221 Å². The van der Waals surface area contributed by atoms with E-state index >= 15 is 0 Å². The van der Waals surface area contributed by atoms with Crippen LogP contribution in [0.3, 0.4) is 0 Å². The van der Waals surface area contributed by atoms with E-state index in [1.807, 2.05) is 31.2 Å². The maximum atomic E-state index is 12.8. The van der Waals surface area contributed by atoms with Crippen LogP contribution in [0, 0.1) is 6.92 Å². The first-order chi connectivity index (χ1) is 16.8. The summed E-state index contributed by atoms with van der Waals surface area (Å²) in [5, 5.41) is 4.87. The molecule has 0 aliphatic carbocycles. The molecular formula is C27H29Cl3N4O. The molecule has 1 aromatic heterocycles. The zero-order chi connectivity index (χ0) is 24.9. The average molecular weight is 532 g/mol. The second-order valence-electron chi connectivity index (χ2n) is 8.90. The lowest BCUT2D eigenvalue weighted by Crippen LogP contribution is -2.33. The second-order valence-corrected chi connectivity index (χ2v) is 10.1. The number of primary amides is 1. The van der Waals surface area contributed by atoms with Gasteiger partial charge in [0, 0.05) is 32.7 Å². The molecule has 0 spiro atoms. The minimum atomic E-state index is -0.883. The van der Waals surface area contributed by atoms with Gasteiger partial charge in [0.15, 0.2) is 0 Å². The van der Waals surface area contributed by atoms with Crippen LogP contribution in [0.5, 0.6) is 0 Å². The van der Waals surface area contributed by atoms with Gasteiger partial charge < -0.3 is 11.1 Å². The first kappa shape index (κ1) is 25.9. The fraction of sp³-hybridized carbons (Fsp3) is 0.333. The summed E-state index contributed by atoms with van der Waals surface area (Å²) in [6, 6.07) is 14.9. The summed E-state index contributed by atoms with van der Waals surface area (Å²) in [6.45, 7) is 6.72. The Morgan fingerprint density at radius 1 is 1.03 bits per heavy atom. The molecule has 35 heavy (non-hydrogen) atoms. The summed E-state index contributed by atoms with van der Waals surface area (Å²) in [6.07, 6.45) is 2.16. The molecule has 0 saturated carbocycles. The van der Waals surface area contributed by atoms with Crippen molar-refractivity contribution in [2.45, 2.75) is 32.2 Å². The number of aromatic nitrogens is 1. The highest BCUT2D eigenvalue weighted by atomic mass is 35.5. The molecule has 8 heteroatoms. The quantitative estimate of drug-likeness (QED) is 0.420. The van der Waals surface area contributed by atoms with E-state index in [-0.39, 0.29) is 0 Å². The third-order valence-electron chi connectivity index (χ3n) is 6.38. The maximum absolute atomic E-state index is 12.8. The Hall–Kier alpha value is -2.15. The van der Waals surface area contributed by atoms with Crippen LogP contribution in [0.2, 0.25) is 15.1 Å². The number of halogens is 3. The SMILES string of the molecule is Cc1c(Cl)cccc1-c1cc(CN2CCCNCCC2)cc(C(C(N)=O)c2c(Cl)cccc2Cl)n1. The van der Waals surface area contributed by atoms with Crippen LogP contribution in [-0.2, 0) is 11.3 Å². The number of pyridine rings is 1. The van der Waals surface area contributed by atoms with Crippen LogP contribution in [-0.4, -0.2) is 42.0 Å². The summed E-state index contributed by atoms with van der Waals surface area (Å²) in [5.74, 6) is -1.44. The predicted molar refractivity (Wildman–Crippen MR) is 144 cm³/mol. The number of nitrogens with one attached hydrogen (secondary N) is 1. The van der Waals surface area contributed by atoms with E-state index in [0.717, 1.165) is 67.9 Å². The minimum absolute atomic E-state index is 0.380. The minimum Gasteiger partial charge on any atom is -0.369 e. The number of carbonyl (C=O) groups excluding carboxylic acids is 1. The Balaban J connectivity index is 1.84. The number of hydrogen-bond donors (Lipinski definition) is 2. The smallest absolute Gasteiger partial charge is 0.231 e. The summed E-state index contributed by atoms with van der Waals surface area (Å²) < 4.78 is 0. The number of benzene rings is 2. The second kappa shape index (κ2) is 11.7. The van der Waals surface area contributed by atoms with E-state index in [1.165, 1.54) is 0 Å². The fourth-order valence-electron chi connectivity index (χ4n) is 4.60. The van der Waals surface area contributed by atoms with E-state index < -0.39 is 11.8 Å². The van der Waals surface area contributed by atoms with Gasteiger partial charge in [-0.25, -0.2) is 0 Å². The van der Waals surface area contributed by atoms with Crippen LogP contribution >= 0.6 is 34.8 Å². The van der Waals surface area contributed by atoms with Crippen LogP contribution < -0.4 is 11.1 Å². The van der Waals surface area contributed by atoms with Gasteiger partial charge in [0.05, 0.1) is 11.4 Å². The summed E-state index contributed by atoms with van der Waals surface area (Å²) >= 11 is 19.4. The van der Waals surface area contributed by atoms with Crippen LogP contribution in [0.15, 0.2) is 48.5 Å². The molecule has 4 rings (SSSR count). The monoisotopic (exact) mass is 530 g/mol. The highest BCUT2D eigenvalue weighted by Crippen LogP contribution is 2.37. The largest absolute Gasteiger partial charge is 0.369 e. The molecule has 1 aliphatic rings. The number of amides is 1. The van der Waals surface area contributed by atoms with Crippen molar-refractivity contribution in [3.63, 3.8) is 0 Å². The fourth-order valence-corrected chi connectivity index (χ4v) is 5.39. The average Bonchev–Trinajstić information content (AvgIpc) is 2.79. The molecule has 5 nitrogen and oxygen atoms in total. The molecule has 0 bridgehead atoms. The predicted octanol–water partition coefficient (Wildman–Crippen LogP) is 5.82. The molecule has 184 valence electrons. The van der Waals surface area contributed by atoms with Gasteiger partial charge in [0.2, 0.25) is 5.91 Å². The Kier molecular flexibility index (Phi) is 8.68. The number of nitrogens with two attached hydrogens (primary N) is 1. The van der Waals surface area contributed by atoms with Crippen molar-refractivity contribution in [2.24, 2.45) is 5.73 Å². The number of nitrogens with zero attached hydrogens (tertiary/aromatic N) is 2.